The summed E-state index contributed by atoms with van der Waals surface area (Å²) in [5, 5.41) is 21.8. The zero-order valence-corrected chi connectivity index (χ0v) is 16.2. The third-order valence-corrected chi connectivity index (χ3v) is 4.87. The number of nitrogens with zero attached hydrogens (tertiary/aromatic N) is 4. The van der Waals surface area contributed by atoms with E-state index in [0.29, 0.717) is 17.5 Å². The van der Waals surface area contributed by atoms with E-state index in [0.717, 1.165) is 22.7 Å². The minimum atomic E-state index is -0.571. The molecular formula is C20H16N4O4S. The zero-order valence-electron chi connectivity index (χ0n) is 15.4. The molecule has 0 amide bonds. The first-order valence-corrected chi connectivity index (χ1v) is 9.58. The van der Waals surface area contributed by atoms with Crippen LogP contribution in [0.4, 0.5) is 5.88 Å². The Morgan fingerprint density at radius 1 is 1.21 bits per heavy atom. The fourth-order valence-electron chi connectivity index (χ4n) is 2.77. The van der Waals surface area contributed by atoms with Crippen molar-refractivity contribution >= 4 is 23.7 Å². The van der Waals surface area contributed by atoms with Crippen LogP contribution in [-0.2, 0) is 6.54 Å². The van der Waals surface area contributed by atoms with Gasteiger partial charge in [-0.2, -0.15) is 0 Å². The van der Waals surface area contributed by atoms with Gasteiger partial charge < -0.3 is 8.83 Å². The predicted molar refractivity (Wildman–Crippen MR) is 108 cm³/mol. The lowest BCUT2D eigenvalue weighted by Crippen LogP contribution is -2.03. The Morgan fingerprint density at radius 3 is 2.83 bits per heavy atom. The number of hydrogen-bond acceptors (Lipinski definition) is 7. The van der Waals surface area contributed by atoms with Crippen LogP contribution in [-0.4, -0.2) is 19.7 Å². The molecule has 0 aliphatic rings. The van der Waals surface area contributed by atoms with Gasteiger partial charge in [0.1, 0.15) is 16.4 Å². The summed E-state index contributed by atoms with van der Waals surface area (Å²) in [6.07, 6.45) is 3.28. The highest BCUT2D eigenvalue weighted by Gasteiger charge is 2.16. The van der Waals surface area contributed by atoms with Crippen LogP contribution >= 0.6 is 11.8 Å². The average molecular weight is 408 g/mol. The smallest absolute Gasteiger partial charge is 0.433 e. The van der Waals surface area contributed by atoms with Crippen LogP contribution in [0.5, 0.6) is 0 Å². The number of thioether (sulfide) groups is 1. The first kappa shape index (κ1) is 18.8. The Bertz CT molecular complexity index is 1160. The Hall–Kier alpha value is -3.59. The van der Waals surface area contributed by atoms with Crippen molar-refractivity contribution in [2.45, 2.75) is 18.6 Å². The number of aryl methyl sites for hydroxylation is 1. The summed E-state index contributed by atoms with van der Waals surface area (Å²) >= 11 is 1.34. The van der Waals surface area contributed by atoms with Gasteiger partial charge in [-0.15, -0.1) is 10.2 Å². The van der Waals surface area contributed by atoms with Crippen LogP contribution in [0.2, 0.25) is 0 Å². The molecule has 0 saturated heterocycles. The number of rotatable bonds is 7. The standard InChI is InChI=1S/C20H16N4O4S/c1-14-4-2-5-15(12-14)19-21-22-20(23(19)13-17-6-3-10-27-17)29-11-9-16-7-8-18(28-16)24(25)26/h2-12H,13H2,1H3/b11-9+. The minimum absolute atomic E-state index is 0.294. The molecule has 4 rings (SSSR count). The van der Waals surface area contributed by atoms with Gasteiger partial charge in [0, 0.05) is 5.56 Å². The molecule has 0 aliphatic carbocycles. The second-order valence-corrected chi connectivity index (χ2v) is 7.07. The van der Waals surface area contributed by atoms with E-state index in [1.54, 1.807) is 23.8 Å². The second kappa shape index (κ2) is 8.19. The van der Waals surface area contributed by atoms with E-state index in [9.17, 15) is 10.1 Å². The molecule has 146 valence electrons. The summed E-state index contributed by atoms with van der Waals surface area (Å²) in [5.74, 6) is 1.61. The molecule has 0 N–H and O–H groups in total. The lowest BCUT2D eigenvalue weighted by Gasteiger charge is -2.08. The normalized spacial score (nSPS) is 11.3. The van der Waals surface area contributed by atoms with Gasteiger partial charge in [-0.25, -0.2) is 0 Å². The molecule has 8 nitrogen and oxygen atoms in total. The van der Waals surface area contributed by atoms with E-state index in [2.05, 4.69) is 16.3 Å². The van der Waals surface area contributed by atoms with Crippen molar-refractivity contribution in [3.63, 3.8) is 0 Å². The summed E-state index contributed by atoms with van der Waals surface area (Å²) in [6, 6.07) is 14.6. The monoisotopic (exact) mass is 408 g/mol. The first-order valence-electron chi connectivity index (χ1n) is 8.70. The van der Waals surface area contributed by atoms with E-state index in [-0.39, 0.29) is 5.88 Å². The largest absolute Gasteiger partial charge is 0.467 e. The number of aromatic nitrogens is 3. The average Bonchev–Trinajstić information content (AvgIpc) is 3.44. The third-order valence-electron chi connectivity index (χ3n) is 4.09. The van der Waals surface area contributed by atoms with Crippen molar-refractivity contribution in [1.29, 1.82) is 0 Å². The molecular weight excluding hydrogens is 392 g/mol. The van der Waals surface area contributed by atoms with Crippen LogP contribution in [0.25, 0.3) is 17.5 Å². The number of nitro groups is 1. The van der Waals surface area contributed by atoms with Gasteiger partial charge in [0.05, 0.1) is 18.9 Å². The fourth-order valence-corrected chi connectivity index (χ4v) is 3.46. The Labute approximate surface area is 170 Å². The summed E-state index contributed by atoms with van der Waals surface area (Å²) in [6.45, 7) is 2.50. The van der Waals surface area contributed by atoms with Crippen LogP contribution in [0.3, 0.4) is 0 Å². The van der Waals surface area contributed by atoms with E-state index in [1.165, 1.54) is 17.8 Å². The predicted octanol–water partition coefficient (Wildman–Crippen LogP) is 5.16. The second-order valence-electron chi connectivity index (χ2n) is 6.19. The third kappa shape index (κ3) is 4.30. The van der Waals surface area contributed by atoms with E-state index >= 15 is 0 Å². The van der Waals surface area contributed by atoms with Crippen LogP contribution in [0.15, 0.2) is 74.2 Å². The number of hydrogen-bond donors (Lipinski definition) is 0. The van der Waals surface area contributed by atoms with Crippen molar-refractivity contribution in [3.8, 4) is 11.4 Å². The van der Waals surface area contributed by atoms with Gasteiger partial charge in [-0.05, 0) is 42.7 Å². The van der Waals surface area contributed by atoms with Gasteiger partial charge in [-0.1, -0.05) is 35.5 Å². The quantitative estimate of drug-likeness (QED) is 0.236. The van der Waals surface area contributed by atoms with Gasteiger partial charge in [-0.3, -0.25) is 14.7 Å². The van der Waals surface area contributed by atoms with Crippen molar-refractivity contribution in [1.82, 2.24) is 14.8 Å². The fraction of sp³-hybridized carbons (Fsp3) is 0.100. The van der Waals surface area contributed by atoms with Crippen LogP contribution in [0, 0.1) is 17.0 Å². The molecule has 0 aliphatic heterocycles. The van der Waals surface area contributed by atoms with Gasteiger partial charge in [0.15, 0.2) is 11.0 Å². The molecule has 3 heterocycles. The van der Waals surface area contributed by atoms with Crippen LogP contribution in [0.1, 0.15) is 17.1 Å². The molecule has 0 spiro atoms. The Morgan fingerprint density at radius 2 is 2.10 bits per heavy atom. The maximum atomic E-state index is 10.7. The van der Waals surface area contributed by atoms with Gasteiger partial charge >= 0.3 is 5.88 Å². The zero-order chi connectivity index (χ0) is 20.2. The summed E-state index contributed by atoms with van der Waals surface area (Å²) in [7, 11) is 0. The maximum Gasteiger partial charge on any atom is 0.433 e. The maximum absolute atomic E-state index is 10.7. The molecule has 3 aromatic heterocycles. The Balaban J connectivity index is 1.61. The Kier molecular flexibility index (Phi) is 5.30. The molecule has 0 radical (unpaired) electrons. The molecule has 29 heavy (non-hydrogen) atoms. The summed E-state index contributed by atoms with van der Waals surface area (Å²) in [4.78, 5) is 10.1. The molecule has 9 heteroatoms. The van der Waals surface area contributed by atoms with Crippen LogP contribution < -0.4 is 0 Å². The molecule has 0 unspecified atom stereocenters. The van der Waals surface area contributed by atoms with Gasteiger partial charge in [0.2, 0.25) is 0 Å². The first-order chi connectivity index (χ1) is 14.1. The highest BCUT2D eigenvalue weighted by molar-refractivity contribution is 8.02. The van der Waals surface area contributed by atoms with Crippen molar-refractivity contribution in [3.05, 3.63) is 87.4 Å². The topological polar surface area (TPSA) is 100 Å². The highest BCUT2D eigenvalue weighted by Crippen LogP contribution is 2.27. The van der Waals surface area contributed by atoms with Crippen molar-refractivity contribution in [2.24, 2.45) is 0 Å². The van der Waals surface area contributed by atoms with E-state index < -0.39 is 4.92 Å². The molecule has 0 fully saturated rings. The van der Waals surface area contributed by atoms with E-state index in [1.807, 2.05) is 41.8 Å². The summed E-state index contributed by atoms with van der Waals surface area (Å²) < 4.78 is 12.6. The summed E-state index contributed by atoms with van der Waals surface area (Å²) in [5.41, 5.74) is 2.09. The minimum Gasteiger partial charge on any atom is -0.467 e. The lowest BCUT2D eigenvalue weighted by atomic mass is 10.1. The van der Waals surface area contributed by atoms with Crippen molar-refractivity contribution < 1.29 is 13.8 Å². The van der Waals surface area contributed by atoms with Gasteiger partial charge in [0.25, 0.3) is 0 Å². The molecule has 0 saturated carbocycles. The number of furan rings is 2. The lowest BCUT2D eigenvalue weighted by molar-refractivity contribution is -0.402. The highest BCUT2D eigenvalue weighted by atomic mass is 32.2. The molecule has 0 bridgehead atoms. The van der Waals surface area contributed by atoms with E-state index in [4.69, 9.17) is 8.83 Å². The molecule has 1 aromatic carbocycles. The van der Waals surface area contributed by atoms with Crippen molar-refractivity contribution in [2.75, 3.05) is 0 Å². The SMILES string of the molecule is Cc1cccc(-c2nnc(S/C=C/c3ccc([N+](=O)[O-])o3)n2Cc2ccco2)c1. The molecule has 0 atom stereocenters. The molecule has 4 aromatic rings. The number of benzene rings is 1.